The van der Waals surface area contributed by atoms with E-state index in [4.69, 9.17) is 0 Å². The normalized spacial score (nSPS) is 10.9. The summed E-state index contributed by atoms with van der Waals surface area (Å²) >= 11 is 0. The van der Waals surface area contributed by atoms with Crippen LogP contribution in [0.15, 0.2) is 85.1 Å². The third-order valence-electron chi connectivity index (χ3n) is 3.90. The first-order valence-corrected chi connectivity index (χ1v) is 7.14. The monoisotopic (exact) mass is 269 g/mol. The molecular weight excluding hydrogens is 254 g/mol. The van der Waals surface area contributed by atoms with Crippen LogP contribution in [0.3, 0.4) is 0 Å². The standard InChI is InChI=1S/C20H15N/c1-2-8-16-15(7-1)13-14-21-20-12-6-5-11-19(20)18-10-4-3-9-17(16)18/h1-14,21H. The van der Waals surface area contributed by atoms with Crippen LogP contribution in [0.25, 0.3) is 32.4 Å². The number of para-hydroxylation sites is 1. The quantitative estimate of drug-likeness (QED) is 0.428. The Hall–Kier alpha value is -2.80. The first kappa shape index (κ1) is 12.0. The summed E-state index contributed by atoms with van der Waals surface area (Å²) in [5, 5.41) is 6.26. The highest BCUT2D eigenvalue weighted by Crippen LogP contribution is 2.26. The van der Waals surface area contributed by atoms with E-state index in [0.717, 1.165) is 5.52 Å². The Kier molecular flexibility index (Phi) is 2.82. The number of benzene rings is 3. The zero-order valence-electron chi connectivity index (χ0n) is 11.6. The fourth-order valence-corrected chi connectivity index (χ4v) is 2.91. The van der Waals surface area contributed by atoms with Crippen LogP contribution in [-0.4, -0.2) is 4.98 Å². The molecule has 1 aromatic heterocycles. The van der Waals surface area contributed by atoms with Crippen LogP contribution in [0, 0.1) is 0 Å². The molecule has 1 heterocycles. The zero-order valence-corrected chi connectivity index (χ0v) is 11.6. The predicted molar refractivity (Wildman–Crippen MR) is 90.9 cm³/mol. The van der Waals surface area contributed by atoms with Crippen molar-refractivity contribution in [3.63, 3.8) is 0 Å². The van der Waals surface area contributed by atoms with E-state index in [1.165, 1.54) is 26.9 Å². The maximum absolute atomic E-state index is 3.41. The molecule has 1 N–H and O–H groups in total. The summed E-state index contributed by atoms with van der Waals surface area (Å²) in [7, 11) is 0. The number of aromatic amines is 1. The topological polar surface area (TPSA) is 15.8 Å². The zero-order chi connectivity index (χ0) is 14.1. The number of hydrogen-bond acceptors (Lipinski definition) is 0. The molecule has 4 aromatic rings. The third kappa shape index (κ3) is 2.03. The van der Waals surface area contributed by atoms with Crippen molar-refractivity contribution >= 4 is 32.4 Å². The van der Waals surface area contributed by atoms with Crippen LogP contribution < -0.4 is 0 Å². The average Bonchev–Trinajstić information content (AvgIpc) is 2.62. The summed E-state index contributed by atoms with van der Waals surface area (Å²) in [5.74, 6) is 0. The summed E-state index contributed by atoms with van der Waals surface area (Å²) in [6.45, 7) is 0. The van der Waals surface area contributed by atoms with Gasteiger partial charge in [-0.15, -0.1) is 0 Å². The van der Waals surface area contributed by atoms with Crippen molar-refractivity contribution in [1.82, 2.24) is 4.98 Å². The van der Waals surface area contributed by atoms with Crippen molar-refractivity contribution < 1.29 is 0 Å². The van der Waals surface area contributed by atoms with Gasteiger partial charge in [-0.1, -0.05) is 66.7 Å². The molecule has 0 aliphatic carbocycles. The second-order valence-electron chi connectivity index (χ2n) is 5.16. The second-order valence-corrected chi connectivity index (χ2v) is 5.16. The molecule has 0 aliphatic rings. The van der Waals surface area contributed by atoms with Crippen LogP contribution in [0.2, 0.25) is 0 Å². The molecule has 0 radical (unpaired) electrons. The molecule has 100 valence electrons. The minimum Gasteiger partial charge on any atom is -0.361 e. The maximum Gasteiger partial charge on any atom is 0.0459 e. The van der Waals surface area contributed by atoms with Gasteiger partial charge in [-0.05, 0) is 33.7 Å². The summed E-state index contributed by atoms with van der Waals surface area (Å²) < 4.78 is 0. The summed E-state index contributed by atoms with van der Waals surface area (Å²) in [6, 6.07) is 27.7. The minimum absolute atomic E-state index is 1.13. The Morgan fingerprint density at radius 3 is 1.86 bits per heavy atom. The highest BCUT2D eigenvalue weighted by atomic mass is 14.6. The number of rotatable bonds is 0. The molecule has 0 atom stereocenters. The number of fused-ring (bicyclic) bond motifs is 5. The summed E-state index contributed by atoms with van der Waals surface area (Å²) in [4.78, 5) is 3.41. The molecule has 3 aromatic carbocycles. The molecule has 0 saturated carbocycles. The number of H-pyrrole nitrogens is 1. The van der Waals surface area contributed by atoms with Crippen LogP contribution in [0.5, 0.6) is 0 Å². The Morgan fingerprint density at radius 2 is 1.05 bits per heavy atom. The Balaban J connectivity index is 2.41. The van der Waals surface area contributed by atoms with Gasteiger partial charge in [-0.25, -0.2) is 0 Å². The summed E-state index contributed by atoms with van der Waals surface area (Å²) in [6.07, 6.45) is 2.02. The Bertz CT molecular complexity index is 914. The fourth-order valence-electron chi connectivity index (χ4n) is 2.91. The molecule has 0 saturated heterocycles. The molecule has 0 aliphatic heterocycles. The molecule has 4 rings (SSSR count). The first-order chi connectivity index (χ1) is 10.4. The van der Waals surface area contributed by atoms with Crippen molar-refractivity contribution in [2.45, 2.75) is 0 Å². The molecule has 0 unspecified atom stereocenters. The van der Waals surface area contributed by atoms with Crippen LogP contribution in [-0.2, 0) is 0 Å². The van der Waals surface area contributed by atoms with E-state index < -0.39 is 0 Å². The first-order valence-electron chi connectivity index (χ1n) is 7.14. The van der Waals surface area contributed by atoms with Crippen molar-refractivity contribution in [2.24, 2.45) is 0 Å². The maximum atomic E-state index is 3.41. The smallest absolute Gasteiger partial charge is 0.0459 e. The summed E-state index contributed by atoms with van der Waals surface area (Å²) in [5.41, 5.74) is 1.13. The number of nitrogens with one attached hydrogen (secondary N) is 1. The van der Waals surface area contributed by atoms with E-state index in [2.05, 4.69) is 83.8 Å². The van der Waals surface area contributed by atoms with E-state index in [9.17, 15) is 0 Å². The van der Waals surface area contributed by atoms with Crippen LogP contribution in [0.4, 0.5) is 0 Å². The third-order valence-corrected chi connectivity index (χ3v) is 3.90. The molecule has 0 bridgehead atoms. The minimum atomic E-state index is 1.13. The highest BCUT2D eigenvalue weighted by Gasteiger charge is 2.00. The van der Waals surface area contributed by atoms with Gasteiger partial charge in [-0.2, -0.15) is 0 Å². The van der Waals surface area contributed by atoms with Gasteiger partial charge in [0.1, 0.15) is 0 Å². The largest absolute Gasteiger partial charge is 0.361 e. The van der Waals surface area contributed by atoms with E-state index in [1.807, 2.05) is 6.20 Å². The molecule has 0 fully saturated rings. The lowest BCUT2D eigenvalue weighted by Gasteiger charge is -2.01. The molecule has 0 spiro atoms. The van der Waals surface area contributed by atoms with Crippen molar-refractivity contribution in [2.75, 3.05) is 0 Å². The van der Waals surface area contributed by atoms with E-state index in [1.54, 1.807) is 0 Å². The fraction of sp³-hybridized carbons (Fsp3) is 0. The number of aromatic nitrogens is 1. The lowest BCUT2D eigenvalue weighted by molar-refractivity contribution is 1.44. The molecule has 1 heteroatoms. The van der Waals surface area contributed by atoms with Gasteiger partial charge in [-0.3, -0.25) is 0 Å². The number of hydrogen-bond donors (Lipinski definition) is 1. The van der Waals surface area contributed by atoms with Gasteiger partial charge in [0.15, 0.2) is 0 Å². The molecule has 21 heavy (non-hydrogen) atoms. The van der Waals surface area contributed by atoms with Crippen LogP contribution >= 0.6 is 0 Å². The second kappa shape index (κ2) is 4.95. The van der Waals surface area contributed by atoms with E-state index >= 15 is 0 Å². The Labute approximate surface area is 123 Å². The van der Waals surface area contributed by atoms with Crippen molar-refractivity contribution in [3.8, 4) is 0 Å². The van der Waals surface area contributed by atoms with Crippen LogP contribution in [0.1, 0.15) is 0 Å². The van der Waals surface area contributed by atoms with E-state index in [0.29, 0.717) is 0 Å². The average molecular weight is 269 g/mol. The molecular formula is C20H15N. The van der Waals surface area contributed by atoms with Crippen molar-refractivity contribution in [3.05, 3.63) is 85.1 Å². The van der Waals surface area contributed by atoms with Gasteiger partial charge in [0.25, 0.3) is 0 Å². The SMILES string of the molecule is c1ccc2c(c1)cc[nH]c1ccccc1c1ccccc21. The molecule has 1 nitrogen and oxygen atoms in total. The van der Waals surface area contributed by atoms with Gasteiger partial charge in [0.05, 0.1) is 0 Å². The lowest BCUT2D eigenvalue weighted by Crippen LogP contribution is -1.75. The van der Waals surface area contributed by atoms with Gasteiger partial charge < -0.3 is 4.98 Å². The lowest BCUT2D eigenvalue weighted by atomic mass is 10.0. The molecule has 0 amide bonds. The highest BCUT2D eigenvalue weighted by molar-refractivity contribution is 6.13. The van der Waals surface area contributed by atoms with Gasteiger partial charge in [0, 0.05) is 17.1 Å². The van der Waals surface area contributed by atoms with Crippen molar-refractivity contribution in [1.29, 1.82) is 0 Å². The van der Waals surface area contributed by atoms with Gasteiger partial charge >= 0.3 is 0 Å². The predicted octanol–water partition coefficient (Wildman–Crippen LogP) is 5.60. The van der Waals surface area contributed by atoms with E-state index in [-0.39, 0.29) is 0 Å². The van der Waals surface area contributed by atoms with Gasteiger partial charge in [0.2, 0.25) is 0 Å². The Morgan fingerprint density at radius 1 is 0.476 bits per heavy atom.